The molecular weight excluding hydrogens is 302 g/mol. The van der Waals surface area contributed by atoms with E-state index in [2.05, 4.69) is 5.16 Å². The third-order valence-corrected chi connectivity index (χ3v) is 3.43. The first-order chi connectivity index (χ1) is 10.6. The van der Waals surface area contributed by atoms with Crippen molar-refractivity contribution in [1.29, 1.82) is 0 Å². The molecule has 0 amide bonds. The molecule has 23 heavy (non-hydrogen) atoms. The molecule has 0 aromatic rings. The first kappa shape index (κ1) is 19.1. The Morgan fingerprint density at radius 3 is 2.04 bits per heavy atom. The molecule has 0 bridgehead atoms. The van der Waals surface area contributed by atoms with Crippen LogP contribution in [-0.4, -0.2) is 42.2 Å². The Bertz CT molecular complexity index is 483. The topological polar surface area (TPSA) is 91.3 Å². The van der Waals surface area contributed by atoms with Gasteiger partial charge in [0.2, 0.25) is 5.71 Å². The van der Waals surface area contributed by atoms with E-state index in [4.69, 9.17) is 14.3 Å². The molecular formula is C16H25NO6. The van der Waals surface area contributed by atoms with Gasteiger partial charge in [-0.3, -0.25) is 9.59 Å². The molecule has 1 saturated carbocycles. The van der Waals surface area contributed by atoms with Crippen molar-refractivity contribution >= 4 is 23.4 Å². The Morgan fingerprint density at radius 1 is 1.04 bits per heavy atom. The van der Waals surface area contributed by atoms with Gasteiger partial charge < -0.3 is 14.3 Å². The van der Waals surface area contributed by atoms with Crippen LogP contribution in [0.25, 0.3) is 0 Å². The van der Waals surface area contributed by atoms with Gasteiger partial charge in [-0.2, -0.15) is 0 Å². The van der Waals surface area contributed by atoms with E-state index in [1.54, 1.807) is 20.8 Å². The Labute approximate surface area is 136 Å². The van der Waals surface area contributed by atoms with Gasteiger partial charge in [-0.25, -0.2) is 4.79 Å². The summed E-state index contributed by atoms with van der Waals surface area (Å²) < 4.78 is 9.85. The van der Waals surface area contributed by atoms with Crippen LogP contribution in [0.15, 0.2) is 5.16 Å². The third kappa shape index (κ3) is 6.38. The number of hydrogen-bond acceptors (Lipinski definition) is 7. The van der Waals surface area contributed by atoms with Crippen LogP contribution in [0.3, 0.4) is 0 Å². The number of rotatable bonds is 5. The van der Waals surface area contributed by atoms with Gasteiger partial charge >= 0.3 is 11.9 Å². The number of carbonyl (C=O) groups excluding carboxylic acids is 3. The first-order valence-electron chi connectivity index (χ1n) is 7.70. The number of oxime groups is 1. The van der Waals surface area contributed by atoms with Crippen LogP contribution >= 0.6 is 0 Å². The average Bonchev–Trinajstić information content (AvgIpc) is 2.45. The van der Waals surface area contributed by atoms with E-state index < -0.39 is 17.4 Å². The summed E-state index contributed by atoms with van der Waals surface area (Å²) in [6, 6.07) is 0. The largest absolute Gasteiger partial charge is 0.469 e. The summed E-state index contributed by atoms with van der Waals surface area (Å²) in [5, 5.41) is 3.70. The molecule has 7 heteroatoms. The number of esters is 2. The number of ether oxygens (including phenoxy) is 2. The van der Waals surface area contributed by atoms with Gasteiger partial charge in [-0.15, -0.1) is 0 Å². The average molecular weight is 327 g/mol. The van der Waals surface area contributed by atoms with Gasteiger partial charge in [-0.05, 0) is 46.5 Å². The van der Waals surface area contributed by atoms with Gasteiger partial charge in [0.05, 0.1) is 13.0 Å². The van der Waals surface area contributed by atoms with E-state index in [1.807, 2.05) is 0 Å². The summed E-state index contributed by atoms with van der Waals surface area (Å²) in [6.07, 6.45) is 2.27. The predicted octanol–water partition coefficient (Wildman–Crippen LogP) is 2.02. The molecule has 0 aromatic heterocycles. The second kappa shape index (κ2) is 8.08. The van der Waals surface area contributed by atoms with Crippen molar-refractivity contribution in [3.63, 3.8) is 0 Å². The molecule has 1 aliphatic carbocycles. The summed E-state index contributed by atoms with van der Waals surface area (Å²) in [7, 11) is 1.37. The number of methoxy groups -OCH3 is 1. The smallest absolute Gasteiger partial charge is 0.364 e. The molecule has 7 nitrogen and oxygen atoms in total. The van der Waals surface area contributed by atoms with Gasteiger partial charge in [0, 0.05) is 6.92 Å². The Balaban J connectivity index is 2.61. The minimum absolute atomic E-state index is 0.123. The molecule has 1 rings (SSSR count). The van der Waals surface area contributed by atoms with Crippen molar-refractivity contribution in [2.24, 2.45) is 11.1 Å². The molecule has 0 spiro atoms. The zero-order valence-corrected chi connectivity index (χ0v) is 14.4. The van der Waals surface area contributed by atoms with E-state index in [-0.39, 0.29) is 23.7 Å². The molecule has 0 radical (unpaired) electrons. The molecule has 0 heterocycles. The maximum atomic E-state index is 11.9. The van der Waals surface area contributed by atoms with Gasteiger partial charge in [-0.1, -0.05) is 5.16 Å². The Kier molecular flexibility index (Phi) is 6.72. The lowest BCUT2D eigenvalue weighted by molar-refractivity contribution is -0.147. The zero-order valence-electron chi connectivity index (χ0n) is 14.4. The summed E-state index contributed by atoms with van der Waals surface area (Å²) in [4.78, 5) is 40.3. The quantitative estimate of drug-likeness (QED) is 0.332. The van der Waals surface area contributed by atoms with Crippen LogP contribution in [0, 0.1) is 5.92 Å². The van der Waals surface area contributed by atoms with Gasteiger partial charge in [0.25, 0.3) is 0 Å². The molecule has 1 fully saturated rings. The minimum atomic E-state index is -0.798. The molecule has 1 aliphatic rings. The molecule has 0 atom stereocenters. The van der Waals surface area contributed by atoms with Crippen molar-refractivity contribution in [3.8, 4) is 0 Å². The number of hydrogen-bond donors (Lipinski definition) is 0. The molecule has 0 saturated heterocycles. The zero-order chi connectivity index (χ0) is 17.6. The highest BCUT2D eigenvalue weighted by atomic mass is 16.6. The lowest BCUT2D eigenvalue weighted by Gasteiger charge is -2.25. The fraction of sp³-hybridized carbons (Fsp3) is 0.750. The monoisotopic (exact) mass is 327 g/mol. The van der Waals surface area contributed by atoms with Crippen LogP contribution in [0.1, 0.15) is 53.4 Å². The molecule has 0 aromatic carbocycles. The third-order valence-electron chi connectivity index (χ3n) is 3.43. The lowest BCUT2D eigenvalue weighted by Crippen LogP contribution is -2.33. The maximum absolute atomic E-state index is 11.9. The van der Waals surface area contributed by atoms with E-state index in [0.717, 1.165) is 0 Å². The van der Waals surface area contributed by atoms with E-state index >= 15 is 0 Å². The Morgan fingerprint density at radius 2 is 1.61 bits per heavy atom. The van der Waals surface area contributed by atoms with Gasteiger partial charge in [0.1, 0.15) is 11.7 Å². The van der Waals surface area contributed by atoms with Crippen molar-refractivity contribution in [2.45, 2.75) is 65.1 Å². The Hall–Kier alpha value is -1.92. The lowest BCUT2D eigenvalue weighted by atomic mass is 9.87. The van der Waals surface area contributed by atoms with Gasteiger partial charge in [0.15, 0.2) is 5.78 Å². The summed E-state index contributed by atoms with van der Waals surface area (Å²) >= 11 is 0. The van der Waals surface area contributed by atoms with Crippen molar-refractivity contribution in [1.82, 2.24) is 0 Å². The normalized spacial score (nSPS) is 22.2. The molecule has 0 unspecified atom stereocenters. The number of nitrogens with zero attached hydrogens (tertiary/aromatic N) is 1. The second-order valence-electron chi connectivity index (χ2n) is 6.60. The highest BCUT2D eigenvalue weighted by molar-refractivity contribution is 6.63. The molecule has 0 N–H and O–H groups in total. The highest BCUT2D eigenvalue weighted by Crippen LogP contribution is 2.27. The second-order valence-corrected chi connectivity index (χ2v) is 6.60. The minimum Gasteiger partial charge on any atom is -0.469 e. The van der Waals surface area contributed by atoms with E-state index in [1.165, 1.54) is 14.0 Å². The van der Waals surface area contributed by atoms with Crippen LogP contribution in [0.5, 0.6) is 0 Å². The van der Waals surface area contributed by atoms with Crippen molar-refractivity contribution in [2.75, 3.05) is 7.11 Å². The number of carbonyl (C=O) groups is 3. The number of Topliss-reactive ketones (excluding diaryl/α,β-unsaturated/α-hetero) is 1. The van der Waals surface area contributed by atoms with Crippen LogP contribution in [0.2, 0.25) is 0 Å². The fourth-order valence-corrected chi connectivity index (χ4v) is 2.27. The molecule has 130 valence electrons. The first-order valence-corrected chi connectivity index (χ1v) is 7.70. The molecule has 0 aliphatic heterocycles. The number of ketones is 1. The highest BCUT2D eigenvalue weighted by Gasteiger charge is 2.29. The van der Waals surface area contributed by atoms with Crippen LogP contribution in [-0.2, 0) is 28.7 Å². The SMILES string of the molecule is COC(=O)C1CCC(O/N=C(\C(C)=O)C(=O)OC(C)(C)C)CC1. The standard InChI is InChI=1S/C16H25NO6/c1-10(18)13(15(20)22-16(2,3)4)17-23-12-8-6-11(7-9-12)14(19)21-5/h11-12H,6-9H2,1-5H3/b17-13+. The van der Waals surface area contributed by atoms with Crippen LogP contribution < -0.4 is 0 Å². The summed E-state index contributed by atoms with van der Waals surface area (Å²) in [5.41, 5.74) is -1.07. The van der Waals surface area contributed by atoms with Crippen LogP contribution in [0.4, 0.5) is 0 Å². The van der Waals surface area contributed by atoms with E-state index in [9.17, 15) is 14.4 Å². The fourth-order valence-electron chi connectivity index (χ4n) is 2.27. The van der Waals surface area contributed by atoms with E-state index in [0.29, 0.717) is 25.7 Å². The predicted molar refractivity (Wildman–Crippen MR) is 82.8 cm³/mol. The summed E-state index contributed by atoms with van der Waals surface area (Å²) in [5.74, 6) is -1.65. The van der Waals surface area contributed by atoms with Crippen molar-refractivity contribution in [3.05, 3.63) is 0 Å². The summed E-state index contributed by atoms with van der Waals surface area (Å²) in [6.45, 7) is 6.35. The van der Waals surface area contributed by atoms with Crippen molar-refractivity contribution < 1.29 is 28.7 Å². The maximum Gasteiger partial charge on any atom is 0.364 e.